The molecule has 4 nitrogen and oxygen atoms in total. The highest BCUT2D eigenvalue weighted by molar-refractivity contribution is 5.67. The van der Waals surface area contributed by atoms with Crippen molar-refractivity contribution in [3.05, 3.63) is 34.9 Å². The quantitative estimate of drug-likeness (QED) is 0.895. The second-order valence-electron chi connectivity index (χ2n) is 7.24. The standard InChI is InChI=1S/C18H28N2O2/c1-12-6-7-14-8-9-16(15(14)10-12)20-13(2)11-19-17(21)22-18(3,4)5/h6-7,10,13,16,20H,8-9,11H2,1-5H3,(H,19,21). The summed E-state index contributed by atoms with van der Waals surface area (Å²) in [6.45, 7) is 10.4. The van der Waals surface area contributed by atoms with Gasteiger partial charge in [-0.3, -0.25) is 0 Å². The number of fused-ring (bicyclic) bond motifs is 1. The van der Waals surface area contributed by atoms with Crippen molar-refractivity contribution < 1.29 is 9.53 Å². The Morgan fingerprint density at radius 3 is 2.82 bits per heavy atom. The van der Waals surface area contributed by atoms with Crippen LogP contribution in [0.4, 0.5) is 4.79 Å². The first-order chi connectivity index (χ1) is 10.2. The first-order valence-electron chi connectivity index (χ1n) is 8.07. The lowest BCUT2D eigenvalue weighted by molar-refractivity contribution is 0.0522. The monoisotopic (exact) mass is 304 g/mol. The summed E-state index contributed by atoms with van der Waals surface area (Å²) in [5.41, 5.74) is 3.69. The summed E-state index contributed by atoms with van der Waals surface area (Å²) in [7, 11) is 0. The zero-order valence-electron chi connectivity index (χ0n) is 14.3. The predicted molar refractivity (Wildman–Crippen MR) is 89.1 cm³/mol. The molecule has 1 aliphatic carbocycles. The van der Waals surface area contributed by atoms with Crippen LogP contribution in [-0.4, -0.2) is 24.3 Å². The molecule has 0 radical (unpaired) electrons. The normalized spacial score (nSPS) is 18.7. The molecule has 4 heteroatoms. The molecule has 1 aromatic carbocycles. The number of hydrogen-bond acceptors (Lipinski definition) is 3. The van der Waals surface area contributed by atoms with E-state index in [-0.39, 0.29) is 12.1 Å². The summed E-state index contributed by atoms with van der Waals surface area (Å²) >= 11 is 0. The van der Waals surface area contributed by atoms with Gasteiger partial charge in [0.15, 0.2) is 0 Å². The Labute approximate surface area is 133 Å². The van der Waals surface area contributed by atoms with Gasteiger partial charge in [0.25, 0.3) is 0 Å². The van der Waals surface area contributed by atoms with Crippen LogP contribution in [0.1, 0.15) is 56.8 Å². The van der Waals surface area contributed by atoms with E-state index in [2.05, 4.69) is 42.7 Å². The van der Waals surface area contributed by atoms with E-state index in [4.69, 9.17) is 4.74 Å². The maximum atomic E-state index is 11.7. The molecular weight excluding hydrogens is 276 g/mol. The molecule has 22 heavy (non-hydrogen) atoms. The number of aryl methyl sites for hydroxylation is 2. The fourth-order valence-corrected chi connectivity index (χ4v) is 2.85. The van der Waals surface area contributed by atoms with Gasteiger partial charge in [-0.25, -0.2) is 4.79 Å². The number of amides is 1. The van der Waals surface area contributed by atoms with Gasteiger partial charge in [-0.15, -0.1) is 0 Å². The number of benzene rings is 1. The van der Waals surface area contributed by atoms with Gasteiger partial charge in [0.2, 0.25) is 0 Å². The third-order valence-electron chi connectivity index (χ3n) is 3.82. The van der Waals surface area contributed by atoms with Crippen molar-refractivity contribution in [1.29, 1.82) is 0 Å². The van der Waals surface area contributed by atoms with Crippen molar-refractivity contribution >= 4 is 6.09 Å². The lowest BCUT2D eigenvalue weighted by atomic mass is 10.0. The molecular formula is C18H28N2O2. The summed E-state index contributed by atoms with van der Waals surface area (Å²) in [5.74, 6) is 0. The van der Waals surface area contributed by atoms with Gasteiger partial charge in [-0.1, -0.05) is 23.8 Å². The molecule has 1 aromatic rings. The minimum Gasteiger partial charge on any atom is -0.444 e. The van der Waals surface area contributed by atoms with Crippen molar-refractivity contribution in [3.8, 4) is 0 Å². The fraction of sp³-hybridized carbons (Fsp3) is 0.611. The lowest BCUT2D eigenvalue weighted by Gasteiger charge is -2.23. The largest absolute Gasteiger partial charge is 0.444 e. The van der Waals surface area contributed by atoms with E-state index in [1.54, 1.807) is 0 Å². The molecule has 0 saturated heterocycles. The Balaban J connectivity index is 1.83. The van der Waals surface area contributed by atoms with Crippen LogP contribution in [0.2, 0.25) is 0 Å². The maximum Gasteiger partial charge on any atom is 0.407 e. The van der Waals surface area contributed by atoms with Crippen LogP contribution in [0.5, 0.6) is 0 Å². The van der Waals surface area contributed by atoms with Crippen molar-refractivity contribution in [2.24, 2.45) is 0 Å². The first kappa shape index (κ1) is 16.8. The van der Waals surface area contributed by atoms with Gasteiger partial charge in [-0.05, 0) is 58.6 Å². The smallest absolute Gasteiger partial charge is 0.407 e. The number of nitrogens with one attached hydrogen (secondary N) is 2. The highest BCUT2D eigenvalue weighted by Gasteiger charge is 2.24. The van der Waals surface area contributed by atoms with Gasteiger partial charge in [0.05, 0.1) is 0 Å². The predicted octanol–water partition coefficient (Wildman–Crippen LogP) is 3.49. The fourth-order valence-electron chi connectivity index (χ4n) is 2.85. The molecule has 0 aromatic heterocycles. The van der Waals surface area contributed by atoms with Crippen molar-refractivity contribution in [2.45, 2.75) is 65.1 Å². The van der Waals surface area contributed by atoms with Gasteiger partial charge >= 0.3 is 6.09 Å². The average molecular weight is 304 g/mol. The van der Waals surface area contributed by atoms with E-state index >= 15 is 0 Å². The highest BCUT2D eigenvalue weighted by atomic mass is 16.6. The summed E-state index contributed by atoms with van der Waals surface area (Å²) < 4.78 is 5.25. The Hall–Kier alpha value is -1.55. The third-order valence-corrected chi connectivity index (χ3v) is 3.82. The molecule has 2 N–H and O–H groups in total. The summed E-state index contributed by atoms with van der Waals surface area (Å²) in [5, 5.41) is 6.43. The Bertz CT molecular complexity index is 534. The SMILES string of the molecule is Cc1ccc2c(c1)C(NC(C)CNC(=O)OC(C)(C)C)CC2. The molecule has 0 saturated carbocycles. The number of alkyl carbamates (subject to hydrolysis) is 1. The van der Waals surface area contributed by atoms with E-state index in [9.17, 15) is 4.79 Å². The molecule has 2 atom stereocenters. The van der Waals surface area contributed by atoms with Gasteiger partial charge in [0, 0.05) is 18.6 Å². The van der Waals surface area contributed by atoms with Crippen LogP contribution < -0.4 is 10.6 Å². The number of carbonyl (C=O) groups is 1. The first-order valence-corrected chi connectivity index (χ1v) is 8.07. The maximum absolute atomic E-state index is 11.7. The van der Waals surface area contributed by atoms with E-state index < -0.39 is 5.60 Å². The van der Waals surface area contributed by atoms with Gasteiger partial charge in [-0.2, -0.15) is 0 Å². The number of carbonyl (C=O) groups excluding carboxylic acids is 1. The van der Waals surface area contributed by atoms with E-state index in [1.807, 2.05) is 20.8 Å². The zero-order valence-corrected chi connectivity index (χ0v) is 14.3. The molecule has 0 heterocycles. The Kier molecular flexibility index (Phi) is 5.12. The minimum atomic E-state index is -0.456. The van der Waals surface area contributed by atoms with Crippen LogP contribution in [0.15, 0.2) is 18.2 Å². The van der Waals surface area contributed by atoms with Gasteiger partial charge in [0.1, 0.15) is 5.60 Å². The van der Waals surface area contributed by atoms with Crippen molar-refractivity contribution in [3.63, 3.8) is 0 Å². The second kappa shape index (κ2) is 6.69. The topological polar surface area (TPSA) is 50.4 Å². The van der Waals surface area contributed by atoms with Crippen LogP contribution in [0.25, 0.3) is 0 Å². The molecule has 2 unspecified atom stereocenters. The summed E-state index contributed by atoms with van der Waals surface area (Å²) in [6, 6.07) is 7.26. The Morgan fingerprint density at radius 1 is 1.41 bits per heavy atom. The molecule has 1 amide bonds. The van der Waals surface area contributed by atoms with Crippen LogP contribution in [0.3, 0.4) is 0 Å². The van der Waals surface area contributed by atoms with Crippen molar-refractivity contribution in [2.75, 3.05) is 6.54 Å². The molecule has 1 aliphatic rings. The van der Waals surface area contributed by atoms with Crippen LogP contribution >= 0.6 is 0 Å². The molecule has 122 valence electrons. The number of hydrogen-bond donors (Lipinski definition) is 2. The molecule has 0 aliphatic heterocycles. The molecule has 0 fully saturated rings. The summed E-state index contributed by atoms with van der Waals surface area (Å²) in [4.78, 5) is 11.7. The van der Waals surface area contributed by atoms with E-state index in [1.165, 1.54) is 16.7 Å². The number of ether oxygens (including phenoxy) is 1. The zero-order chi connectivity index (χ0) is 16.3. The van der Waals surface area contributed by atoms with Crippen LogP contribution in [-0.2, 0) is 11.2 Å². The van der Waals surface area contributed by atoms with E-state index in [0.717, 1.165) is 12.8 Å². The lowest BCUT2D eigenvalue weighted by Crippen LogP contribution is -2.42. The minimum absolute atomic E-state index is 0.198. The number of rotatable bonds is 4. The Morgan fingerprint density at radius 2 is 2.14 bits per heavy atom. The second-order valence-corrected chi connectivity index (χ2v) is 7.24. The molecule has 0 spiro atoms. The molecule has 0 bridgehead atoms. The van der Waals surface area contributed by atoms with Gasteiger partial charge < -0.3 is 15.4 Å². The van der Waals surface area contributed by atoms with E-state index in [0.29, 0.717) is 12.6 Å². The third kappa shape index (κ3) is 4.73. The van der Waals surface area contributed by atoms with Crippen molar-refractivity contribution in [1.82, 2.24) is 10.6 Å². The van der Waals surface area contributed by atoms with Crippen LogP contribution in [0, 0.1) is 6.92 Å². The highest BCUT2D eigenvalue weighted by Crippen LogP contribution is 2.31. The molecule has 2 rings (SSSR count). The summed E-state index contributed by atoms with van der Waals surface area (Å²) in [6.07, 6.45) is 1.89. The average Bonchev–Trinajstić information content (AvgIpc) is 2.77.